The van der Waals surface area contributed by atoms with Crippen molar-refractivity contribution >= 4 is 5.97 Å². The summed E-state index contributed by atoms with van der Waals surface area (Å²) in [6.07, 6.45) is 4.94. The van der Waals surface area contributed by atoms with Crippen LogP contribution in [-0.4, -0.2) is 17.7 Å². The van der Waals surface area contributed by atoms with E-state index in [0.29, 0.717) is 5.41 Å². The van der Waals surface area contributed by atoms with E-state index in [-0.39, 0.29) is 6.42 Å². The minimum atomic E-state index is -0.778. The Balaban J connectivity index is 1.86. The molecular weight excluding hydrogens is 216 g/mol. The Bertz CT molecular complexity index is 461. The molecule has 0 bridgehead atoms. The predicted octanol–water partition coefficient (Wildman–Crippen LogP) is 2.42. The van der Waals surface area contributed by atoms with E-state index in [1.807, 2.05) is 18.2 Å². The lowest BCUT2D eigenvalue weighted by atomic mass is 9.65. The largest absolute Gasteiger partial charge is 0.493 e. The van der Waals surface area contributed by atoms with Crippen LogP contribution in [0.3, 0.4) is 0 Å². The standard InChI is InChI=1S/C14H16O3/c15-13(16)7-10-2-3-12-11(6-10)8-14(9-17-12)4-1-5-14/h2-3,6H,1,4-5,7-9H2,(H,15,16). The molecule has 0 radical (unpaired) electrons. The summed E-state index contributed by atoms with van der Waals surface area (Å²) in [6, 6.07) is 5.77. The second-order valence-corrected chi connectivity index (χ2v) is 5.33. The highest BCUT2D eigenvalue weighted by molar-refractivity contribution is 5.70. The van der Waals surface area contributed by atoms with E-state index < -0.39 is 5.97 Å². The summed E-state index contributed by atoms with van der Waals surface area (Å²) in [5, 5.41) is 8.80. The molecule has 3 heteroatoms. The Labute approximate surface area is 100 Å². The molecule has 3 rings (SSSR count). The Morgan fingerprint density at radius 1 is 1.41 bits per heavy atom. The third kappa shape index (κ3) is 1.90. The van der Waals surface area contributed by atoms with E-state index in [0.717, 1.165) is 24.3 Å². The van der Waals surface area contributed by atoms with Gasteiger partial charge >= 0.3 is 5.97 Å². The second kappa shape index (κ2) is 3.76. The van der Waals surface area contributed by atoms with Gasteiger partial charge in [-0.3, -0.25) is 4.79 Å². The van der Waals surface area contributed by atoms with Gasteiger partial charge in [0, 0.05) is 5.41 Å². The van der Waals surface area contributed by atoms with Crippen molar-refractivity contribution in [2.45, 2.75) is 32.1 Å². The molecular formula is C14H16O3. The normalized spacial score (nSPS) is 20.2. The minimum absolute atomic E-state index is 0.0975. The van der Waals surface area contributed by atoms with Gasteiger partial charge in [-0.15, -0.1) is 0 Å². The number of carbonyl (C=O) groups is 1. The fourth-order valence-electron chi connectivity index (χ4n) is 2.88. The van der Waals surface area contributed by atoms with Gasteiger partial charge in [-0.1, -0.05) is 18.6 Å². The average Bonchev–Trinajstić information content (AvgIpc) is 2.25. The number of fused-ring (bicyclic) bond motifs is 1. The van der Waals surface area contributed by atoms with Crippen LogP contribution in [0.2, 0.25) is 0 Å². The van der Waals surface area contributed by atoms with E-state index in [2.05, 4.69) is 0 Å². The van der Waals surface area contributed by atoms with Gasteiger partial charge in [0.15, 0.2) is 0 Å². The van der Waals surface area contributed by atoms with E-state index >= 15 is 0 Å². The first-order chi connectivity index (χ1) is 8.17. The molecule has 1 aromatic rings. The highest BCUT2D eigenvalue weighted by atomic mass is 16.5. The number of aliphatic carboxylic acids is 1. The van der Waals surface area contributed by atoms with Crippen LogP contribution in [0.4, 0.5) is 0 Å². The van der Waals surface area contributed by atoms with E-state index in [9.17, 15) is 4.79 Å². The SMILES string of the molecule is O=C(O)Cc1ccc2c(c1)CC1(CCC1)CO2. The first-order valence-electron chi connectivity index (χ1n) is 6.13. The zero-order valence-corrected chi connectivity index (χ0v) is 9.74. The van der Waals surface area contributed by atoms with Crippen molar-refractivity contribution in [1.82, 2.24) is 0 Å². The quantitative estimate of drug-likeness (QED) is 0.851. The maximum absolute atomic E-state index is 10.7. The molecule has 0 amide bonds. The van der Waals surface area contributed by atoms with Crippen LogP contribution in [0, 0.1) is 5.41 Å². The first kappa shape index (κ1) is 10.6. The molecule has 90 valence electrons. The lowest BCUT2D eigenvalue weighted by Gasteiger charge is -2.44. The van der Waals surface area contributed by atoms with Gasteiger partial charge in [0.05, 0.1) is 13.0 Å². The molecule has 1 fully saturated rings. The van der Waals surface area contributed by atoms with Crippen molar-refractivity contribution < 1.29 is 14.6 Å². The summed E-state index contributed by atoms with van der Waals surface area (Å²) in [5.41, 5.74) is 2.42. The molecule has 0 atom stereocenters. The smallest absolute Gasteiger partial charge is 0.307 e. The number of ether oxygens (including phenoxy) is 1. The molecule has 1 spiro atoms. The molecule has 0 aromatic heterocycles. The molecule has 3 nitrogen and oxygen atoms in total. The minimum Gasteiger partial charge on any atom is -0.493 e. The molecule has 0 unspecified atom stereocenters. The van der Waals surface area contributed by atoms with Gasteiger partial charge in [-0.05, 0) is 36.5 Å². The zero-order valence-electron chi connectivity index (χ0n) is 9.74. The Hall–Kier alpha value is -1.51. The fourth-order valence-corrected chi connectivity index (χ4v) is 2.88. The highest BCUT2D eigenvalue weighted by Crippen LogP contribution is 2.48. The van der Waals surface area contributed by atoms with Crippen LogP contribution in [-0.2, 0) is 17.6 Å². The summed E-state index contributed by atoms with van der Waals surface area (Å²) in [5.74, 6) is 0.164. The Morgan fingerprint density at radius 2 is 2.24 bits per heavy atom. The Morgan fingerprint density at radius 3 is 2.88 bits per heavy atom. The van der Waals surface area contributed by atoms with Gasteiger partial charge in [-0.2, -0.15) is 0 Å². The van der Waals surface area contributed by atoms with Crippen molar-refractivity contribution in [3.8, 4) is 5.75 Å². The summed E-state index contributed by atoms with van der Waals surface area (Å²) >= 11 is 0. The van der Waals surface area contributed by atoms with Crippen molar-refractivity contribution in [3.05, 3.63) is 29.3 Å². The van der Waals surface area contributed by atoms with Crippen molar-refractivity contribution in [2.75, 3.05) is 6.61 Å². The maximum atomic E-state index is 10.7. The molecule has 2 aliphatic rings. The third-order valence-corrected chi connectivity index (χ3v) is 3.99. The van der Waals surface area contributed by atoms with Crippen LogP contribution < -0.4 is 4.74 Å². The molecule has 1 aliphatic heterocycles. The van der Waals surface area contributed by atoms with Gasteiger partial charge in [0.1, 0.15) is 5.75 Å². The van der Waals surface area contributed by atoms with E-state index in [1.165, 1.54) is 24.8 Å². The van der Waals surface area contributed by atoms with Crippen LogP contribution >= 0.6 is 0 Å². The number of benzene rings is 1. The van der Waals surface area contributed by atoms with Gasteiger partial charge in [-0.25, -0.2) is 0 Å². The average molecular weight is 232 g/mol. The van der Waals surface area contributed by atoms with Crippen LogP contribution in [0.15, 0.2) is 18.2 Å². The molecule has 1 aromatic carbocycles. The summed E-state index contributed by atoms with van der Waals surface area (Å²) in [6.45, 7) is 0.832. The molecule has 1 N–H and O–H groups in total. The maximum Gasteiger partial charge on any atom is 0.307 e. The second-order valence-electron chi connectivity index (χ2n) is 5.33. The summed E-state index contributed by atoms with van der Waals surface area (Å²) < 4.78 is 5.79. The fraction of sp³-hybridized carbons (Fsp3) is 0.500. The number of hydrogen-bond acceptors (Lipinski definition) is 2. The van der Waals surface area contributed by atoms with E-state index in [4.69, 9.17) is 9.84 Å². The third-order valence-electron chi connectivity index (χ3n) is 3.99. The first-order valence-corrected chi connectivity index (χ1v) is 6.13. The monoisotopic (exact) mass is 232 g/mol. The lowest BCUT2D eigenvalue weighted by Crippen LogP contribution is -2.40. The van der Waals surface area contributed by atoms with Crippen LogP contribution in [0.25, 0.3) is 0 Å². The summed E-state index contributed by atoms with van der Waals surface area (Å²) in [7, 11) is 0. The lowest BCUT2D eigenvalue weighted by molar-refractivity contribution is -0.136. The summed E-state index contributed by atoms with van der Waals surface area (Å²) in [4.78, 5) is 10.7. The number of carboxylic acid groups (broad SMARTS) is 1. The number of carboxylic acids is 1. The number of hydrogen-bond donors (Lipinski definition) is 1. The van der Waals surface area contributed by atoms with Crippen molar-refractivity contribution in [3.63, 3.8) is 0 Å². The molecule has 1 saturated carbocycles. The Kier molecular flexibility index (Phi) is 2.35. The topological polar surface area (TPSA) is 46.5 Å². The van der Waals surface area contributed by atoms with Gasteiger partial charge in [0.25, 0.3) is 0 Å². The van der Waals surface area contributed by atoms with Crippen molar-refractivity contribution in [1.29, 1.82) is 0 Å². The van der Waals surface area contributed by atoms with E-state index in [1.54, 1.807) is 0 Å². The molecule has 0 saturated heterocycles. The molecule has 1 heterocycles. The van der Waals surface area contributed by atoms with Crippen molar-refractivity contribution in [2.24, 2.45) is 5.41 Å². The highest BCUT2D eigenvalue weighted by Gasteiger charge is 2.41. The van der Waals surface area contributed by atoms with Gasteiger partial charge in [0.2, 0.25) is 0 Å². The number of rotatable bonds is 2. The van der Waals surface area contributed by atoms with Crippen LogP contribution in [0.5, 0.6) is 5.75 Å². The zero-order chi connectivity index (χ0) is 11.9. The molecule has 17 heavy (non-hydrogen) atoms. The molecule has 1 aliphatic carbocycles. The predicted molar refractivity (Wildman–Crippen MR) is 63.3 cm³/mol. The van der Waals surface area contributed by atoms with Gasteiger partial charge < -0.3 is 9.84 Å². The van der Waals surface area contributed by atoms with Crippen LogP contribution in [0.1, 0.15) is 30.4 Å².